The number of piperazine rings is 1. The van der Waals surface area contributed by atoms with Crippen molar-refractivity contribution in [2.45, 2.75) is 31.8 Å². The van der Waals surface area contributed by atoms with E-state index in [1.165, 1.54) is 18.9 Å². The molecule has 3 rings (SSSR count). The molecule has 1 aliphatic heterocycles. The van der Waals surface area contributed by atoms with E-state index in [1.54, 1.807) is 6.07 Å². The van der Waals surface area contributed by atoms with E-state index in [0.717, 1.165) is 37.7 Å². The van der Waals surface area contributed by atoms with Crippen molar-refractivity contribution in [3.05, 3.63) is 34.6 Å². The van der Waals surface area contributed by atoms with Gasteiger partial charge >= 0.3 is 0 Å². The lowest BCUT2D eigenvalue weighted by Crippen LogP contribution is -2.60. The van der Waals surface area contributed by atoms with Gasteiger partial charge in [-0.2, -0.15) is 0 Å². The van der Waals surface area contributed by atoms with E-state index in [0.29, 0.717) is 0 Å². The molecule has 0 spiro atoms. The Morgan fingerprint density at radius 2 is 2.26 bits per heavy atom. The summed E-state index contributed by atoms with van der Waals surface area (Å²) in [6, 6.07) is 5.07. The van der Waals surface area contributed by atoms with Gasteiger partial charge in [0, 0.05) is 31.7 Å². The molecule has 1 N–H and O–H groups in total. The summed E-state index contributed by atoms with van der Waals surface area (Å²) in [6.45, 7) is 6.32. The van der Waals surface area contributed by atoms with Crippen LogP contribution in [0.1, 0.15) is 25.3 Å². The van der Waals surface area contributed by atoms with Gasteiger partial charge in [0.1, 0.15) is 5.82 Å². The van der Waals surface area contributed by atoms with Crippen molar-refractivity contribution in [3.8, 4) is 0 Å². The molecule has 1 unspecified atom stereocenters. The maximum atomic E-state index is 13.2. The number of nitrogens with one attached hydrogen (secondary N) is 1. The van der Waals surface area contributed by atoms with Crippen LogP contribution in [0, 0.1) is 11.7 Å². The Balaban J connectivity index is 1.78. The number of halogens is 2. The SMILES string of the molecule is CC1(C2CC2)CNCCN1Cc1ccc(F)c(Cl)c1. The van der Waals surface area contributed by atoms with Crippen LogP contribution in [0.5, 0.6) is 0 Å². The molecule has 104 valence electrons. The van der Waals surface area contributed by atoms with E-state index in [2.05, 4.69) is 17.1 Å². The van der Waals surface area contributed by atoms with Crippen LogP contribution in [0.15, 0.2) is 18.2 Å². The molecule has 1 aromatic carbocycles. The molecule has 0 radical (unpaired) electrons. The summed E-state index contributed by atoms with van der Waals surface area (Å²) >= 11 is 5.87. The van der Waals surface area contributed by atoms with Crippen molar-refractivity contribution >= 4 is 11.6 Å². The van der Waals surface area contributed by atoms with E-state index in [1.807, 2.05) is 6.07 Å². The van der Waals surface area contributed by atoms with Gasteiger partial charge in [-0.05, 0) is 43.4 Å². The highest BCUT2D eigenvalue weighted by Gasteiger charge is 2.46. The predicted molar refractivity (Wildman–Crippen MR) is 75.8 cm³/mol. The average molecular weight is 283 g/mol. The van der Waals surface area contributed by atoms with Crippen LogP contribution >= 0.6 is 11.6 Å². The van der Waals surface area contributed by atoms with Gasteiger partial charge in [0.15, 0.2) is 0 Å². The van der Waals surface area contributed by atoms with Crippen molar-refractivity contribution in [2.24, 2.45) is 5.92 Å². The molecular weight excluding hydrogens is 263 g/mol. The zero-order chi connectivity index (χ0) is 13.5. The minimum Gasteiger partial charge on any atom is -0.314 e. The summed E-state index contributed by atoms with van der Waals surface area (Å²) < 4.78 is 13.2. The minimum atomic E-state index is -0.337. The lowest BCUT2D eigenvalue weighted by atomic mass is 9.90. The maximum Gasteiger partial charge on any atom is 0.141 e. The number of rotatable bonds is 3. The largest absolute Gasteiger partial charge is 0.314 e. The van der Waals surface area contributed by atoms with Gasteiger partial charge in [-0.25, -0.2) is 4.39 Å². The summed E-state index contributed by atoms with van der Waals surface area (Å²) in [4.78, 5) is 2.53. The second kappa shape index (κ2) is 5.04. The fourth-order valence-electron chi connectivity index (χ4n) is 3.15. The monoisotopic (exact) mass is 282 g/mol. The van der Waals surface area contributed by atoms with Crippen LogP contribution in [-0.2, 0) is 6.54 Å². The van der Waals surface area contributed by atoms with E-state index in [9.17, 15) is 4.39 Å². The molecule has 19 heavy (non-hydrogen) atoms. The number of hydrogen-bond donors (Lipinski definition) is 1. The second-order valence-electron chi connectivity index (χ2n) is 5.98. The van der Waals surface area contributed by atoms with Crippen LogP contribution in [0.25, 0.3) is 0 Å². The van der Waals surface area contributed by atoms with Crippen molar-refractivity contribution in [2.75, 3.05) is 19.6 Å². The standard InChI is InChI=1S/C15H20ClFN2/c1-15(12-3-4-12)10-18-6-7-19(15)9-11-2-5-14(17)13(16)8-11/h2,5,8,12,18H,3-4,6-7,9-10H2,1H3. The summed E-state index contributed by atoms with van der Waals surface area (Å²) in [6.07, 6.45) is 2.66. The third-order valence-corrected chi connectivity index (χ3v) is 4.87. The van der Waals surface area contributed by atoms with Crippen LogP contribution < -0.4 is 5.32 Å². The van der Waals surface area contributed by atoms with Gasteiger partial charge in [-0.15, -0.1) is 0 Å². The summed E-state index contributed by atoms with van der Waals surface area (Å²) in [7, 11) is 0. The molecule has 1 saturated carbocycles. The lowest BCUT2D eigenvalue weighted by molar-refractivity contribution is 0.0484. The van der Waals surface area contributed by atoms with Crippen LogP contribution in [0.3, 0.4) is 0 Å². The van der Waals surface area contributed by atoms with Crippen molar-refractivity contribution in [1.82, 2.24) is 10.2 Å². The Bertz CT molecular complexity index is 475. The first kappa shape index (κ1) is 13.3. The molecule has 2 fully saturated rings. The van der Waals surface area contributed by atoms with Gasteiger partial charge in [0.2, 0.25) is 0 Å². The highest BCUT2D eigenvalue weighted by atomic mass is 35.5. The van der Waals surface area contributed by atoms with Gasteiger partial charge < -0.3 is 5.32 Å². The Morgan fingerprint density at radius 1 is 1.47 bits per heavy atom. The summed E-state index contributed by atoms with van der Waals surface area (Å²) in [5, 5.41) is 3.73. The number of benzene rings is 1. The summed E-state index contributed by atoms with van der Waals surface area (Å²) in [5.41, 5.74) is 1.33. The zero-order valence-corrected chi connectivity index (χ0v) is 12.0. The minimum absolute atomic E-state index is 0.223. The quantitative estimate of drug-likeness (QED) is 0.917. The highest BCUT2D eigenvalue weighted by molar-refractivity contribution is 6.30. The van der Waals surface area contributed by atoms with Crippen LogP contribution in [0.4, 0.5) is 4.39 Å². The lowest BCUT2D eigenvalue weighted by Gasteiger charge is -2.46. The maximum absolute atomic E-state index is 13.2. The van der Waals surface area contributed by atoms with Gasteiger partial charge in [-0.3, -0.25) is 4.90 Å². The smallest absolute Gasteiger partial charge is 0.141 e. The molecule has 1 aliphatic carbocycles. The molecule has 2 nitrogen and oxygen atoms in total. The van der Waals surface area contributed by atoms with Crippen molar-refractivity contribution < 1.29 is 4.39 Å². The number of nitrogens with zero attached hydrogens (tertiary/aromatic N) is 1. The molecule has 0 bridgehead atoms. The Hall–Kier alpha value is -0.640. The fraction of sp³-hybridized carbons (Fsp3) is 0.600. The molecular formula is C15H20ClFN2. The van der Waals surface area contributed by atoms with Gasteiger partial charge in [0.05, 0.1) is 5.02 Å². The molecule has 2 aliphatic rings. The Morgan fingerprint density at radius 3 is 2.95 bits per heavy atom. The highest BCUT2D eigenvalue weighted by Crippen LogP contribution is 2.44. The van der Waals surface area contributed by atoms with Crippen LogP contribution in [0.2, 0.25) is 5.02 Å². The Labute approximate surface area is 118 Å². The topological polar surface area (TPSA) is 15.3 Å². The zero-order valence-electron chi connectivity index (χ0n) is 11.3. The summed E-state index contributed by atoms with van der Waals surface area (Å²) in [5.74, 6) is 0.465. The second-order valence-corrected chi connectivity index (χ2v) is 6.39. The third-order valence-electron chi connectivity index (χ3n) is 4.58. The predicted octanol–water partition coefficient (Wildman–Crippen LogP) is 3.05. The first-order chi connectivity index (χ1) is 9.09. The molecule has 4 heteroatoms. The normalized spacial score (nSPS) is 28.6. The first-order valence-corrected chi connectivity index (χ1v) is 7.37. The van der Waals surface area contributed by atoms with E-state index >= 15 is 0 Å². The van der Waals surface area contributed by atoms with E-state index < -0.39 is 0 Å². The van der Waals surface area contributed by atoms with Gasteiger partial charge in [0.25, 0.3) is 0 Å². The molecule has 0 aromatic heterocycles. The average Bonchev–Trinajstić information content (AvgIpc) is 3.21. The molecule has 1 saturated heterocycles. The Kier molecular flexibility index (Phi) is 3.54. The molecule has 0 amide bonds. The van der Waals surface area contributed by atoms with Crippen LogP contribution in [-0.4, -0.2) is 30.1 Å². The van der Waals surface area contributed by atoms with Gasteiger partial charge in [-0.1, -0.05) is 17.7 Å². The fourth-order valence-corrected chi connectivity index (χ4v) is 3.35. The molecule has 1 aromatic rings. The van der Waals surface area contributed by atoms with E-state index in [4.69, 9.17) is 11.6 Å². The molecule has 1 atom stereocenters. The number of hydrogen-bond acceptors (Lipinski definition) is 2. The van der Waals surface area contributed by atoms with Crippen molar-refractivity contribution in [3.63, 3.8) is 0 Å². The third kappa shape index (κ3) is 2.64. The molecule has 1 heterocycles. The van der Waals surface area contributed by atoms with E-state index in [-0.39, 0.29) is 16.4 Å². The first-order valence-electron chi connectivity index (χ1n) is 6.99. The van der Waals surface area contributed by atoms with Crippen molar-refractivity contribution in [1.29, 1.82) is 0 Å².